The van der Waals surface area contributed by atoms with Crippen LogP contribution in [0.15, 0.2) is 89.0 Å². The number of pyridine rings is 1. The number of benzene rings is 3. The average Bonchev–Trinajstić information content (AvgIpc) is 2.87. The Kier molecular flexibility index (Phi) is 7.91. The first kappa shape index (κ1) is 26.3. The van der Waals surface area contributed by atoms with Gasteiger partial charge in [-0.3, -0.25) is 4.79 Å². The van der Waals surface area contributed by atoms with Crippen molar-refractivity contribution in [3.63, 3.8) is 0 Å². The number of nitrogens with zero attached hydrogens (tertiary/aromatic N) is 2. The Labute approximate surface area is 224 Å². The lowest BCUT2D eigenvalue weighted by Crippen LogP contribution is -2.16. The lowest BCUT2D eigenvalue weighted by atomic mass is 9.84. The van der Waals surface area contributed by atoms with Gasteiger partial charge < -0.3 is 9.67 Å². The number of halogens is 2. The van der Waals surface area contributed by atoms with Crippen LogP contribution in [0.5, 0.6) is 0 Å². The number of nitroso groups, excluding NO2 is 1. The van der Waals surface area contributed by atoms with Gasteiger partial charge in [-0.15, -0.1) is 0 Å². The predicted octanol–water partition coefficient (Wildman–Crippen LogP) is 7.40. The van der Waals surface area contributed by atoms with Crippen LogP contribution in [0.25, 0.3) is 11.1 Å². The molecule has 0 aliphatic heterocycles. The summed E-state index contributed by atoms with van der Waals surface area (Å²) in [6, 6.07) is 20.5. The van der Waals surface area contributed by atoms with Gasteiger partial charge in [0.15, 0.2) is 0 Å². The van der Waals surface area contributed by atoms with Crippen molar-refractivity contribution in [1.82, 2.24) is 4.57 Å². The number of carbonyl (C=O) groups is 1. The summed E-state index contributed by atoms with van der Waals surface area (Å²) in [7, 11) is 1.63. The molecule has 3 aromatic carbocycles. The van der Waals surface area contributed by atoms with Crippen molar-refractivity contribution in [2.75, 3.05) is 0 Å². The molecule has 0 saturated heterocycles. The number of carboxylic acid groups (broad SMARTS) is 1. The third-order valence-electron chi connectivity index (χ3n) is 6.52. The molecule has 0 amide bonds. The van der Waals surface area contributed by atoms with Crippen LogP contribution in [0.2, 0.25) is 10.0 Å². The molecule has 0 saturated carbocycles. The second-order valence-corrected chi connectivity index (χ2v) is 9.79. The van der Waals surface area contributed by atoms with E-state index in [-0.39, 0.29) is 17.0 Å². The minimum atomic E-state index is -0.968. The molecule has 0 aliphatic rings. The minimum Gasteiger partial charge on any atom is -0.478 e. The van der Waals surface area contributed by atoms with Gasteiger partial charge in [0.1, 0.15) is 6.04 Å². The van der Waals surface area contributed by atoms with Crippen LogP contribution in [0.1, 0.15) is 51.0 Å². The third-order valence-corrected chi connectivity index (χ3v) is 7.08. The second-order valence-electron chi connectivity index (χ2n) is 8.94. The maximum Gasteiger partial charge on any atom is 0.335 e. The quantitative estimate of drug-likeness (QED) is 0.238. The highest BCUT2D eigenvalue weighted by Gasteiger charge is 2.25. The van der Waals surface area contributed by atoms with Gasteiger partial charge in [-0.2, -0.15) is 4.91 Å². The normalized spacial score (nSPS) is 12.6. The highest BCUT2D eigenvalue weighted by molar-refractivity contribution is 6.35. The van der Waals surface area contributed by atoms with Crippen LogP contribution >= 0.6 is 23.2 Å². The molecule has 8 heteroatoms. The molecule has 1 aromatic heterocycles. The lowest BCUT2D eigenvalue weighted by Gasteiger charge is -2.23. The molecule has 0 bridgehead atoms. The Morgan fingerprint density at radius 1 is 0.973 bits per heavy atom. The zero-order valence-electron chi connectivity index (χ0n) is 20.2. The molecule has 6 nitrogen and oxygen atoms in total. The summed E-state index contributed by atoms with van der Waals surface area (Å²) in [6.45, 7) is 1.87. The summed E-state index contributed by atoms with van der Waals surface area (Å²) in [6.07, 6.45) is 1.95. The number of rotatable bonds is 8. The first-order valence-electron chi connectivity index (χ1n) is 11.6. The molecule has 4 rings (SSSR count). The van der Waals surface area contributed by atoms with Crippen LogP contribution in [0.3, 0.4) is 0 Å². The van der Waals surface area contributed by atoms with Gasteiger partial charge in [-0.25, -0.2) is 4.79 Å². The zero-order chi connectivity index (χ0) is 26.7. The van der Waals surface area contributed by atoms with E-state index in [1.807, 2.05) is 37.3 Å². The molecule has 0 fully saturated rings. The van der Waals surface area contributed by atoms with E-state index in [2.05, 4.69) is 5.18 Å². The maximum atomic E-state index is 12.0. The van der Waals surface area contributed by atoms with Crippen LogP contribution in [0, 0.1) is 11.8 Å². The Hall–Kier alpha value is -3.74. The van der Waals surface area contributed by atoms with Crippen molar-refractivity contribution in [2.45, 2.75) is 25.3 Å². The van der Waals surface area contributed by atoms with Crippen LogP contribution in [-0.4, -0.2) is 15.6 Å². The fraction of sp³-hybridized carbons (Fsp3) is 0.172. The monoisotopic (exact) mass is 534 g/mol. The molecule has 188 valence electrons. The van der Waals surface area contributed by atoms with Crippen LogP contribution in [-0.2, 0) is 7.05 Å². The first-order chi connectivity index (χ1) is 17.7. The van der Waals surface area contributed by atoms with E-state index in [9.17, 15) is 19.6 Å². The number of carboxylic acids is 1. The standard InChI is InChI=1S/C29H24Cl2N2O4/c1-17-13-20(29(35)36)7-10-23(17)18-3-5-19(6-4-18)25(24-11-9-22(30)14-26(24)31)15-27(32-37)21-8-12-28(34)33(2)16-21/h3-14,16,25,27H,15H2,1-2H3,(H,35,36). The van der Waals surface area contributed by atoms with Gasteiger partial charge in [0, 0.05) is 35.3 Å². The second kappa shape index (κ2) is 11.1. The molecular formula is C29H24Cl2N2O4. The van der Waals surface area contributed by atoms with Gasteiger partial charge in [0.05, 0.1) is 5.56 Å². The Morgan fingerprint density at radius 3 is 2.27 bits per heavy atom. The molecule has 1 N–H and O–H groups in total. The number of hydrogen-bond acceptors (Lipinski definition) is 4. The number of aromatic carboxylic acids is 1. The van der Waals surface area contributed by atoms with Crippen LogP contribution in [0.4, 0.5) is 0 Å². The summed E-state index contributed by atoms with van der Waals surface area (Å²) in [4.78, 5) is 35.1. The van der Waals surface area contributed by atoms with Crippen molar-refractivity contribution in [2.24, 2.45) is 12.2 Å². The summed E-state index contributed by atoms with van der Waals surface area (Å²) in [5.74, 6) is -1.25. The molecule has 37 heavy (non-hydrogen) atoms. The van der Waals surface area contributed by atoms with Crippen molar-refractivity contribution < 1.29 is 9.90 Å². The van der Waals surface area contributed by atoms with Gasteiger partial charge in [0.2, 0.25) is 5.56 Å². The fourth-order valence-electron chi connectivity index (χ4n) is 4.52. The number of aryl methyl sites for hydroxylation is 2. The molecular weight excluding hydrogens is 511 g/mol. The molecule has 0 aliphatic carbocycles. The highest BCUT2D eigenvalue weighted by Crippen LogP contribution is 2.40. The van der Waals surface area contributed by atoms with E-state index in [0.717, 1.165) is 27.8 Å². The van der Waals surface area contributed by atoms with Crippen LogP contribution < -0.4 is 5.56 Å². The molecule has 4 aromatic rings. The topological polar surface area (TPSA) is 88.7 Å². The molecule has 0 spiro atoms. The van der Waals surface area contributed by atoms with E-state index in [4.69, 9.17) is 23.2 Å². The van der Waals surface area contributed by atoms with Crippen molar-refractivity contribution in [1.29, 1.82) is 0 Å². The number of hydrogen-bond donors (Lipinski definition) is 1. The fourth-order valence-corrected chi connectivity index (χ4v) is 5.06. The Bertz CT molecular complexity index is 1530. The smallest absolute Gasteiger partial charge is 0.335 e. The van der Waals surface area contributed by atoms with E-state index < -0.39 is 12.0 Å². The van der Waals surface area contributed by atoms with Gasteiger partial charge in [0.25, 0.3) is 0 Å². The molecule has 0 radical (unpaired) electrons. The molecule has 2 unspecified atom stereocenters. The minimum absolute atomic E-state index is 0.173. The Balaban J connectivity index is 1.74. The van der Waals surface area contributed by atoms with E-state index >= 15 is 0 Å². The van der Waals surface area contributed by atoms with Gasteiger partial charge in [-0.05, 0) is 77.1 Å². The first-order valence-corrected chi connectivity index (χ1v) is 12.3. The largest absolute Gasteiger partial charge is 0.478 e. The SMILES string of the molecule is Cc1cc(C(=O)O)ccc1-c1ccc(C(CC(N=O)c2ccc(=O)n(C)c2)c2ccc(Cl)cc2Cl)cc1. The van der Waals surface area contributed by atoms with Gasteiger partial charge in [-0.1, -0.05) is 64.8 Å². The number of aromatic nitrogens is 1. The van der Waals surface area contributed by atoms with Crippen molar-refractivity contribution in [3.05, 3.63) is 132 Å². The van der Waals surface area contributed by atoms with E-state index in [1.165, 1.54) is 10.6 Å². The van der Waals surface area contributed by atoms with Crippen molar-refractivity contribution >= 4 is 29.2 Å². The average molecular weight is 535 g/mol. The highest BCUT2D eigenvalue weighted by atomic mass is 35.5. The van der Waals surface area contributed by atoms with Crippen molar-refractivity contribution in [3.8, 4) is 11.1 Å². The summed E-state index contributed by atoms with van der Waals surface area (Å²) in [5, 5.41) is 13.6. The molecule has 1 heterocycles. The van der Waals surface area contributed by atoms with E-state index in [0.29, 0.717) is 22.0 Å². The lowest BCUT2D eigenvalue weighted by molar-refractivity contribution is 0.0697. The predicted molar refractivity (Wildman–Crippen MR) is 147 cm³/mol. The van der Waals surface area contributed by atoms with Gasteiger partial charge >= 0.3 is 5.97 Å². The third kappa shape index (κ3) is 5.82. The summed E-state index contributed by atoms with van der Waals surface area (Å²) >= 11 is 12.7. The summed E-state index contributed by atoms with van der Waals surface area (Å²) in [5.41, 5.74) is 5.14. The Morgan fingerprint density at radius 2 is 1.68 bits per heavy atom. The molecule has 2 atom stereocenters. The summed E-state index contributed by atoms with van der Waals surface area (Å²) < 4.78 is 1.42. The maximum absolute atomic E-state index is 12.0. The zero-order valence-corrected chi connectivity index (χ0v) is 21.7. The van der Waals surface area contributed by atoms with E-state index in [1.54, 1.807) is 49.6 Å².